The third-order valence-electron chi connectivity index (χ3n) is 11.9. The van der Waals surface area contributed by atoms with E-state index in [1.54, 1.807) is 26.2 Å². The number of likely N-dealkylation sites (N-methyl/N-ethyl adjacent to an activating group) is 1. The molecular formula is C37H52ClN3O6S. The van der Waals surface area contributed by atoms with Gasteiger partial charge < -0.3 is 24.4 Å². The Labute approximate surface area is 291 Å². The van der Waals surface area contributed by atoms with Gasteiger partial charge in [0, 0.05) is 49.3 Å². The Balaban J connectivity index is 1.41. The van der Waals surface area contributed by atoms with Crippen LogP contribution in [0, 0.1) is 17.8 Å². The van der Waals surface area contributed by atoms with Gasteiger partial charge in [-0.3, -0.25) is 4.79 Å². The Bertz CT molecular complexity index is 1610. The molecule has 2 heterocycles. The SMILES string of the molecule is COCCN(C)C[C@@]1(O)CCC[C@H](C)[C@@H](C)S(=O)(=O)NC(=O)c2ccc3c(c2)N(C[C@@H]2CC[C@H]21)C[C@@]1(CCCc2cc(Cl)ccc21)CO3. The molecule has 1 fully saturated rings. The third kappa shape index (κ3) is 7.11. The van der Waals surface area contributed by atoms with E-state index in [0.717, 1.165) is 42.8 Å². The fourth-order valence-electron chi connectivity index (χ4n) is 8.76. The lowest BCUT2D eigenvalue weighted by Crippen LogP contribution is -2.56. The van der Waals surface area contributed by atoms with Crippen LogP contribution in [0.15, 0.2) is 36.4 Å². The monoisotopic (exact) mass is 701 g/mol. The fourth-order valence-corrected chi connectivity index (χ4v) is 10.3. The molecule has 0 radical (unpaired) electrons. The van der Waals surface area contributed by atoms with Crippen LogP contribution in [0.4, 0.5) is 5.69 Å². The maximum atomic E-state index is 13.5. The maximum Gasteiger partial charge on any atom is 0.264 e. The van der Waals surface area contributed by atoms with Crippen LogP contribution >= 0.6 is 11.6 Å². The molecule has 1 spiro atoms. The van der Waals surface area contributed by atoms with Crippen LogP contribution in [-0.4, -0.2) is 88.7 Å². The summed E-state index contributed by atoms with van der Waals surface area (Å²) in [5, 5.41) is 12.5. The van der Waals surface area contributed by atoms with Crippen LogP contribution in [0.2, 0.25) is 5.02 Å². The van der Waals surface area contributed by atoms with E-state index in [0.29, 0.717) is 64.4 Å². The van der Waals surface area contributed by atoms with Gasteiger partial charge in [0.15, 0.2) is 0 Å². The van der Waals surface area contributed by atoms with Crippen molar-refractivity contribution in [3.8, 4) is 5.75 Å². The Morgan fingerprint density at radius 1 is 1.12 bits per heavy atom. The number of nitrogens with zero attached hydrogens (tertiary/aromatic N) is 2. The van der Waals surface area contributed by atoms with Crippen LogP contribution in [0.3, 0.4) is 0 Å². The molecule has 0 saturated heterocycles. The Morgan fingerprint density at radius 3 is 2.69 bits per heavy atom. The zero-order valence-corrected chi connectivity index (χ0v) is 30.4. The predicted molar refractivity (Wildman–Crippen MR) is 190 cm³/mol. The highest BCUT2D eigenvalue weighted by Crippen LogP contribution is 2.49. The van der Waals surface area contributed by atoms with Gasteiger partial charge in [-0.25, -0.2) is 13.1 Å². The van der Waals surface area contributed by atoms with E-state index in [1.165, 1.54) is 11.1 Å². The van der Waals surface area contributed by atoms with Crippen LogP contribution in [0.25, 0.3) is 0 Å². The van der Waals surface area contributed by atoms with E-state index < -0.39 is 26.8 Å². The molecule has 2 aliphatic carbocycles. The lowest BCUT2D eigenvalue weighted by molar-refractivity contribution is -0.104. The lowest BCUT2D eigenvalue weighted by Gasteiger charge is -2.51. The molecule has 2 aromatic rings. The second-order valence-electron chi connectivity index (χ2n) is 15.1. The number of rotatable bonds is 5. The molecule has 9 nitrogen and oxygen atoms in total. The molecule has 6 rings (SSSR count). The van der Waals surface area contributed by atoms with Gasteiger partial charge in [0.2, 0.25) is 10.0 Å². The van der Waals surface area contributed by atoms with Gasteiger partial charge in [-0.2, -0.15) is 0 Å². The van der Waals surface area contributed by atoms with Gasteiger partial charge in [0.05, 0.1) is 29.8 Å². The molecule has 0 unspecified atom stereocenters. The van der Waals surface area contributed by atoms with Gasteiger partial charge >= 0.3 is 0 Å². The van der Waals surface area contributed by atoms with Crippen molar-refractivity contribution in [3.63, 3.8) is 0 Å². The Kier molecular flexibility index (Phi) is 10.4. The molecule has 11 heteroatoms. The molecule has 4 aliphatic rings. The average Bonchev–Trinajstić information content (AvgIpc) is 3.17. The number of methoxy groups -OCH3 is 1. The summed E-state index contributed by atoms with van der Waals surface area (Å²) < 4.78 is 41.2. The number of fused-ring (bicyclic) bond motifs is 4. The maximum absolute atomic E-state index is 13.5. The molecule has 2 bridgehead atoms. The summed E-state index contributed by atoms with van der Waals surface area (Å²) in [4.78, 5) is 18.0. The quantitative estimate of drug-likeness (QED) is 0.426. The summed E-state index contributed by atoms with van der Waals surface area (Å²) in [6, 6.07) is 11.5. The second-order valence-corrected chi connectivity index (χ2v) is 17.6. The van der Waals surface area contributed by atoms with E-state index >= 15 is 0 Å². The standard InChI is InChI=1S/C37H52ClN3O6S/c1-25-7-5-16-37(43,23-40(3)17-18-46-4)32-12-9-29(32)21-41-22-36(15-6-8-27-19-30(38)11-13-31(27)36)24-47-34-14-10-28(20-33(34)41)35(42)39-48(44,45)26(25)2/h10-11,13-14,19-20,25-26,29,32,43H,5-9,12,15-18,21-24H2,1-4H3,(H,39,42)/t25-,26+,29-,32+,36-,37-/m0/s1. The number of hydrogen-bond acceptors (Lipinski definition) is 8. The lowest BCUT2D eigenvalue weighted by atomic mass is 9.62. The molecule has 48 heavy (non-hydrogen) atoms. The van der Waals surface area contributed by atoms with E-state index in [1.807, 2.05) is 26.1 Å². The number of hydrogen-bond donors (Lipinski definition) is 2. The number of ether oxygens (including phenoxy) is 2. The summed E-state index contributed by atoms with van der Waals surface area (Å²) in [6.45, 7) is 7.28. The smallest absolute Gasteiger partial charge is 0.264 e. The van der Waals surface area contributed by atoms with Crippen molar-refractivity contribution in [1.82, 2.24) is 9.62 Å². The molecule has 2 aromatic carbocycles. The highest BCUT2D eigenvalue weighted by molar-refractivity contribution is 7.90. The summed E-state index contributed by atoms with van der Waals surface area (Å²) >= 11 is 6.45. The largest absolute Gasteiger partial charge is 0.490 e. The van der Waals surface area contributed by atoms with E-state index in [2.05, 4.69) is 26.7 Å². The first-order valence-corrected chi connectivity index (χ1v) is 19.5. The minimum atomic E-state index is -3.94. The van der Waals surface area contributed by atoms with Gasteiger partial charge in [0.1, 0.15) is 5.75 Å². The van der Waals surface area contributed by atoms with E-state index in [9.17, 15) is 18.3 Å². The number of carbonyl (C=O) groups is 1. The zero-order chi connectivity index (χ0) is 34.3. The minimum Gasteiger partial charge on any atom is -0.490 e. The van der Waals surface area contributed by atoms with Gasteiger partial charge in [0.25, 0.3) is 5.91 Å². The topological polar surface area (TPSA) is 108 Å². The number of carbonyl (C=O) groups excluding carboxylic acids is 1. The number of sulfonamides is 1. The minimum absolute atomic E-state index is 0.0827. The van der Waals surface area contributed by atoms with Crippen molar-refractivity contribution >= 4 is 33.2 Å². The molecule has 0 aromatic heterocycles. The summed E-state index contributed by atoms with van der Waals surface area (Å²) in [7, 11) is -0.221. The highest BCUT2D eigenvalue weighted by atomic mass is 35.5. The normalized spacial score (nSPS) is 32.0. The second kappa shape index (κ2) is 14.1. The van der Waals surface area contributed by atoms with Crippen molar-refractivity contribution in [1.29, 1.82) is 0 Å². The molecule has 1 amide bonds. The van der Waals surface area contributed by atoms with Gasteiger partial charge in [-0.15, -0.1) is 0 Å². The number of amides is 1. The van der Waals surface area contributed by atoms with Crippen molar-refractivity contribution in [2.45, 2.75) is 81.5 Å². The molecule has 6 atom stereocenters. The summed E-state index contributed by atoms with van der Waals surface area (Å²) in [5.41, 5.74) is 2.36. The van der Waals surface area contributed by atoms with Crippen LogP contribution in [0.5, 0.6) is 5.75 Å². The first-order valence-electron chi connectivity index (χ1n) is 17.6. The highest BCUT2D eigenvalue weighted by Gasteiger charge is 2.49. The van der Waals surface area contributed by atoms with E-state index in [-0.39, 0.29) is 28.7 Å². The van der Waals surface area contributed by atoms with Crippen molar-refractivity contribution in [2.75, 3.05) is 58.5 Å². The number of benzene rings is 2. The first-order chi connectivity index (χ1) is 22.8. The van der Waals surface area contributed by atoms with Crippen molar-refractivity contribution < 1.29 is 27.8 Å². The Hall–Kier alpha value is -2.37. The molecular weight excluding hydrogens is 650 g/mol. The number of nitrogens with one attached hydrogen (secondary N) is 1. The molecule has 2 aliphatic heterocycles. The number of anilines is 1. The average molecular weight is 702 g/mol. The third-order valence-corrected chi connectivity index (χ3v) is 14.0. The number of halogens is 1. The fraction of sp³-hybridized carbons (Fsp3) is 0.649. The van der Waals surface area contributed by atoms with Crippen LogP contribution in [0.1, 0.15) is 80.3 Å². The van der Waals surface area contributed by atoms with E-state index in [4.69, 9.17) is 21.1 Å². The Morgan fingerprint density at radius 2 is 1.94 bits per heavy atom. The molecule has 1 saturated carbocycles. The van der Waals surface area contributed by atoms with Crippen LogP contribution in [-0.2, 0) is 26.6 Å². The predicted octanol–water partition coefficient (Wildman–Crippen LogP) is 5.42. The number of aryl methyl sites for hydroxylation is 1. The summed E-state index contributed by atoms with van der Waals surface area (Å²) in [5.74, 6) is 0.177. The molecule has 264 valence electrons. The van der Waals surface area contributed by atoms with Gasteiger partial charge in [-0.05, 0) is 118 Å². The zero-order valence-electron chi connectivity index (χ0n) is 28.8. The van der Waals surface area contributed by atoms with Crippen molar-refractivity contribution in [3.05, 3.63) is 58.1 Å². The molecule has 2 N–H and O–H groups in total. The van der Waals surface area contributed by atoms with Crippen molar-refractivity contribution in [2.24, 2.45) is 17.8 Å². The van der Waals surface area contributed by atoms with Crippen LogP contribution < -0.4 is 14.4 Å². The van der Waals surface area contributed by atoms with Gasteiger partial charge in [-0.1, -0.05) is 31.0 Å². The number of aliphatic hydroxyl groups is 1. The summed E-state index contributed by atoms with van der Waals surface area (Å²) in [6.07, 6.45) is 6.78. The first kappa shape index (κ1) is 35.5.